The molecule has 0 saturated carbocycles. The van der Waals surface area contributed by atoms with Gasteiger partial charge in [0, 0.05) is 37.3 Å². The monoisotopic (exact) mass is 743 g/mol. The van der Waals surface area contributed by atoms with Crippen LogP contribution in [0.3, 0.4) is 0 Å². The summed E-state index contributed by atoms with van der Waals surface area (Å²) in [6, 6.07) is 48.8. The summed E-state index contributed by atoms with van der Waals surface area (Å²) in [6.07, 6.45) is 0. The van der Waals surface area contributed by atoms with Gasteiger partial charge in [0.05, 0.1) is 14.1 Å². The fourth-order valence-corrected chi connectivity index (χ4v) is 10.7. The Morgan fingerprint density at radius 2 is 1.07 bits per heavy atom. The molecule has 0 amide bonds. The summed E-state index contributed by atoms with van der Waals surface area (Å²) in [6.45, 7) is 3.92. The molecule has 0 spiro atoms. The van der Waals surface area contributed by atoms with Gasteiger partial charge in [0.15, 0.2) is 0 Å². The van der Waals surface area contributed by atoms with Gasteiger partial charge >= 0.3 is 0 Å². The van der Waals surface area contributed by atoms with Gasteiger partial charge in [-0.25, -0.2) is 12.4 Å². The number of nitrogens with zero attached hydrogens (tertiary/aromatic N) is 3. The van der Waals surface area contributed by atoms with Crippen LogP contribution in [0.2, 0.25) is 0 Å². The molecule has 45 heavy (non-hydrogen) atoms. The minimum absolute atomic E-state index is 0.306. The maximum atomic E-state index is 13.2. The first-order valence-corrected chi connectivity index (χ1v) is 18.8. The molecule has 1 saturated heterocycles. The Bertz CT molecular complexity index is 1850. The predicted octanol–water partition coefficient (Wildman–Crippen LogP) is 6.68. The van der Waals surface area contributed by atoms with Crippen LogP contribution in [0, 0.1) is 3.70 Å². The first-order chi connectivity index (χ1) is 21.9. The second kappa shape index (κ2) is 14.3. The maximum Gasteiger partial charge on any atom is 0.269 e. The van der Waals surface area contributed by atoms with Gasteiger partial charge in [-0.15, -0.1) is 0 Å². The lowest BCUT2D eigenvalue weighted by atomic mass is 10.2. The highest BCUT2D eigenvalue weighted by Crippen LogP contribution is 2.34. The minimum atomic E-state index is -3.63. The largest absolute Gasteiger partial charge is 0.368 e. The molecule has 1 aliphatic heterocycles. The Labute approximate surface area is 281 Å². The Kier molecular flexibility index (Phi) is 10.0. The smallest absolute Gasteiger partial charge is 0.269 e. The van der Waals surface area contributed by atoms with Crippen LogP contribution in [0.5, 0.6) is 0 Å². The van der Waals surface area contributed by atoms with Crippen molar-refractivity contribution < 1.29 is 8.42 Å². The predicted molar refractivity (Wildman–Crippen MR) is 199 cm³/mol. The van der Waals surface area contributed by atoms with Crippen molar-refractivity contribution >= 4 is 73.0 Å². The fourth-order valence-electron chi connectivity index (χ4n) is 5.60. The van der Waals surface area contributed by atoms with Crippen LogP contribution in [0.4, 0.5) is 5.69 Å². The average Bonchev–Trinajstić information content (AvgIpc) is 3.44. The van der Waals surface area contributed by atoms with E-state index >= 15 is 0 Å². The van der Waals surface area contributed by atoms with Gasteiger partial charge in [-0.05, 0) is 83.8 Å². The Hall–Kier alpha value is -3.49. The fraction of sp³-hybridized carbons (Fsp3) is 0.135. The second-order valence-electron chi connectivity index (χ2n) is 10.9. The topological polar surface area (TPSA) is 45.5 Å². The van der Waals surface area contributed by atoms with E-state index in [-0.39, 0.29) is 0 Å². The number of halogens is 1. The van der Waals surface area contributed by atoms with E-state index in [1.807, 2.05) is 24.3 Å². The maximum absolute atomic E-state index is 13.2. The van der Waals surface area contributed by atoms with Gasteiger partial charge < -0.3 is 9.80 Å². The lowest BCUT2D eigenvalue weighted by molar-refractivity contribution is 0.313. The van der Waals surface area contributed by atoms with Crippen molar-refractivity contribution in [2.75, 3.05) is 38.1 Å². The number of aromatic nitrogens is 1. The number of anilines is 1. The summed E-state index contributed by atoms with van der Waals surface area (Å²) in [4.78, 5) is 4.96. The molecule has 0 unspecified atom stereocenters. The van der Waals surface area contributed by atoms with Crippen molar-refractivity contribution in [1.82, 2.24) is 8.87 Å². The van der Waals surface area contributed by atoms with E-state index in [9.17, 15) is 8.42 Å². The average molecular weight is 744 g/mol. The molecule has 8 heteroatoms. The Balaban J connectivity index is 0.000000167. The molecule has 228 valence electrons. The molecule has 0 aliphatic carbocycles. The minimum Gasteiger partial charge on any atom is -0.368 e. The number of rotatable bonds is 6. The highest BCUT2D eigenvalue weighted by Gasteiger charge is 2.25. The second-order valence-corrected chi connectivity index (χ2v) is 16.0. The number of fused-ring (bicyclic) bond motifs is 1. The van der Waals surface area contributed by atoms with E-state index in [0.717, 1.165) is 42.8 Å². The SMILES string of the molecule is CN1CCN(c2cccc3c2cc(I)n3S(=O)(=O)c2ccccc2)CC1.c1ccc(P(c2ccccc2)c2ccccc2)cc1. The van der Waals surface area contributed by atoms with Crippen LogP contribution in [-0.4, -0.2) is 50.5 Å². The molecule has 7 rings (SSSR count). The third-order valence-electron chi connectivity index (χ3n) is 7.90. The molecule has 1 aromatic heterocycles. The molecule has 5 aromatic carbocycles. The van der Waals surface area contributed by atoms with Crippen molar-refractivity contribution in [2.45, 2.75) is 4.90 Å². The standard InChI is InChI=1S/C19H20IN3O2S.C18H15P/c1-21-10-12-22(13-11-21)17-8-5-9-18-16(17)14-19(20)23(18)26(24,25)15-6-3-2-4-7-15;1-4-10-16(11-5-1)19(17-12-6-2-7-13-17)18-14-8-3-9-15-18/h2-9,14H,10-13H2,1H3;1-15H. The van der Waals surface area contributed by atoms with Crippen LogP contribution in [0.15, 0.2) is 150 Å². The molecular weight excluding hydrogens is 708 g/mol. The van der Waals surface area contributed by atoms with E-state index < -0.39 is 17.9 Å². The summed E-state index contributed by atoms with van der Waals surface area (Å²) in [7, 11) is -1.94. The third-order valence-corrected chi connectivity index (χ3v) is 13.2. The molecule has 6 aromatic rings. The molecule has 0 radical (unpaired) electrons. The lowest BCUT2D eigenvalue weighted by Gasteiger charge is -2.34. The molecule has 2 heterocycles. The first kappa shape index (κ1) is 31.5. The molecule has 0 atom stereocenters. The van der Waals surface area contributed by atoms with Crippen LogP contribution in [-0.2, 0) is 10.0 Å². The summed E-state index contributed by atoms with van der Waals surface area (Å²) in [5.41, 5.74) is 1.84. The molecule has 0 bridgehead atoms. The number of hydrogen-bond donors (Lipinski definition) is 0. The van der Waals surface area contributed by atoms with Gasteiger partial charge in [-0.1, -0.05) is 115 Å². The summed E-state index contributed by atoms with van der Waals surface area (Å²) in [5.74, 6) is 0. The summed E-state index contributed by atoms with van der Waals surface area (Å²) < 4.78 is 28.5. The number of hydrogen-bond acceptors (Lipinski definition) is 4. The normalized spacial score (nSPS) is 13.9. The van der Waals surface area contributed by atoms with Gasteiger partial charge in [-0.3, -0.25) is 0 Å². The Morgan fingerprint density at radius 1 is 0.600 bits per heavy atom. The van der Waals surface area contributed by atoms with Gasteiger partial charge in [0.1, 0.15) is 0 Å². The Morgan fingerprint density at radius 3 is 1.56 bits per heavy atom. The molecule has 0 N–H and O–H groups in total. The molecule has 5 nitrogen and oxygen atoms in total. The number of piperazine rings is 1. The highest BCUT2D eigenvalue weighted by atomic mass is 127. The first-order valence-electron chi connectivity index (χ1n) is 14.9. The number of benzene rings is 5. The zero-order valence-corrected chi connectivity index (χ0v) is 28.9. The van der Waals surface area contributed by atoms with Crippen molar-refractivity contribution in [3.63, 3.8) is 0 Å². The molecule has 1 aliphatic rings. The van der Waals surface area contributed by atoms with Crippen LogP contribution >= 0.6 is 30.5 Å². The number of likely N-dealkylation sites (N-methyl/N-ethyl adjacent to an activating group) is 1. The van der Waals surface area contributed by atoms with Gasteiger partial charge in [0.2, 0.25) is 0 Å². The summed E-state index contributed by atoms with van der Waals surface area (Å²) in [5, 5.41) is 5.18. The van der Waals surface area contributed by atoms with Crippen LogP contribution in [0.1, 0.15) is 0 Å². The van der Waals surface area contributed by atoms with Crippen molar-refractivity contribution in [2.24, 2.45) is 0 Å². The summed E-state index contributed by atoms with van der Waals surface area (Å²) >= 11 is 2.11. The van der Waals surface area contributed by atoms with E-state index in [4.69, 9.17) is 0 Å². The quantitative estimate of drug-likeness (QED) is 0.141. The third kappa shape index (κ3) is 7.02. The van der Waals surface area contributed by atoms with Crippen molar-refractivity contribution in [3.05, 3.63) is 149 Å². The zero-order chi connectivity index (χ0) is 31.2. The molecule has 1 fully saturated rings. The zero-order valence-electron chi connectivity index (χ0n) is 25.1. The van der Waals surface area contributed by atoms with Crippen LogP contribution < -0.4 is 20.8 Å². The van der Waals surface area contributed by atoms with Gasteiger partial charge in [-0.2, -0.15) is 0 Å². The van der Waals surface area contributed by atoms with Crippen LogP contribution in [0.25, 0.3) is 10.9 Å². The van der Waals surface area contributed by atoms with Crippen molar-refractivity contribution in [3.8, 4) is 0 Å². The van der Waals surface area contributed by atoms with E-state index in [0.29, 0.717) is 8.60 Å². The van der Waals surface area contributed by atoms with Crippen molar-refractivity contribution in [1.29, 1.82) is 0 Å². The lowest BCUT2D eigenvalue weighted by Crippen LogP contribution is -2.44. The van der Waals surface area contributed by atoms with E-state index in [2.05, 4.69) is 137 Å². The van der Waals surface area contributed by atoms with E-state index in [1.54, 1.807) is 24.3 Å². The van der Waals surface area contributed by atoms with Gasteiger partial charge in [0.25, 0.3) is 10.0 Å². The highest BCUT2D eigenvalue weighted by molar-refractivity contribution is 14.1. The van der Waals surface area contributed by atoms with E-state index in [1.165, 1.54) is 19.9 Å². The molecular formula is C37H35IN3O2PS.